The largest absolute Gasteiger partial charge is 0.494 e. The minimum atomic E-state index is -0.301. The highest BCUT2D eigenvalue weighted by Gasteiger charge is 2.35. The van der Waals surface area contributed by atoms with Crippen molar-refractivity contribution in [1.29, 1.82) is 0 Å². The molecule has 1 aliphatic rings. The van der Waals surface area contributed by atoms with Gasteiger partial charge in [0.2, 0.25) is 5.88 Å². The monoisotopic (exact) mass is 316 g/mol. The Morgan fingerprint density at radius 3 is 2.08 bits per heavy atom. The first-order valence-corrected chi connectivity index (χ1v) is 7.92. The molecule has 0 unspecified atom stereocenters. The molecule has 0 saturated heterocycles. The third-order valence-electron chi connectivity index (χ3n) is 4.31. The quantitative estimate of drug-likeness (QED) is 0.797. The Morgan fingerprint density at radius 2 is 1.50 bits per heavy atom. The van der Waals surface area contributed by atoms with Crippen LogP contribution >= 0.6 is 0 Å². The van der Waals surface area contributed by atoms with E-state index in [-0.39, 0.29) is 11.8 Å². The first-order chi connectivity index (χ1) is 11.7. The van der Waals surface area contributed by atoms with Crippen molar-refractivity contribution < 1.29 is 9.90 Å². The van der Waals surface area contributed by atoms with Gasteiger partial charge in [0.1, 0.15) is 0 Å². The lowest BCUT2D eigenvalue weighted by Gasteiger charge is -2.09. The van der Waals surface area contributed by atoms with Gasteiger partial charge in [-0.1, -0.05) is 60.7 Å². The number of aliphatic imine (C=N–C) groups is 1. The standard InChI is InChI=1S/C20H16N2O2/c1-2-22-18(14-11-7-4-8-12-14)16-15(20(22)24)17(21-19(16)23)13-9-5-3-6-10-13/h3-12,24H,2H2,1H3. The van der Waals surface area contributed by atoms with E-state index in [0.29, 0.717) is 23.4 Å². The van der Waals surface area contributed by atoms with Gasteiger partial charge < -0.3 is 9.67 Å². The van der Waals surface area contributed by atoms with E-state index >= 15 is 0 Å². The third kappa shape index (κ3) is 2.00. The molecule has 0 fully saturated rings. The molecule has 1 N–H and O–H groups in total. The van der Waals surface area contributed by atoms with E-state index in [0.717, 1.165) is 16.8 Å². The molecule has 0 saturated carbocycles. The molecule has 0 atom stereocenters. The number of fused-ring (bicyclic) bond motifs is 1. The first kappa shape index (κ1) is 14.5. The van der Waals surface area contributed by atoms with Crippen LogP contribution in [-0.4, -0.2) is 21.3 Å². The zero-order valence-corrected chi connectivity index (χ0v) is 13.2. The molecule has 118 valence electrons. The molecule has 4 nitrogen and oxygen atoms in total. The number of aromatic hydroxyl groups is 1. The second-order valence-electron chi connectivity index (χ2n) is 5.66. The van der Waals surface area contributed by atoms with E-state index in [1.165, 1.54) is 0 Å². The predicted molar refractivity (Wildman–Crippen MR) is 93.6 cm³/mol. The van der Waals surface area contributed by atoms with E-state index in [1.807, 2.05) is 67.6 Å². The summed E-state index contributed by atoms with van der Waals surface area (Å²) in [6, 6.07) is 19.1. The molecule has 24 heavy (non-hydrogen) atoms. The number of hydrogen-bond acceptors (Lipinski definition) is 2. The SMILES string of the molecule is CCn1c(O)c2c(c1-c1ccccc1)C(=O)N=C2c1ccccc1. The fourth-order valence-corrected chi connectivity index (χ4v) is 3.26. The second-order valence-corrected chi connectivity index (χ2v) is 5.66. The summed E-state index contributed by atoms with van der Waals surface area (Å²) in [4.78, 5) is 16.8. The van der Waals surface area contributed by atoms with E-state index in [1.54, 1.807) is 4.57 Å². The maximum Gasteiger partial charge on any atom is 0.280 e. The Balaban J connectivity index is 2.00. The van der Waals surface area contributed by atoms with Crippen LogP contribution in [-0.2, 0) is 6.54 Å². The third-order valence-corrected chi connectivity index (χ3v) is 4.31. The summed E-state index contributed by atoms with van der Waals surface area (Å²) >= 11 is 0. The van der Waals surface area contributed by atoms with Crippen LogP contribution < -0.4 is 0 Å². The van der Waals surface area contributed by atoms with E-state index < -0.39 is 0 Å². The van der Waals surface area contributed by atoms with Crippen molar-refractivity contribution in [3.63, 3.8) is 0 Å². The summed E-state index contributed by atoms with van der Waals surface area (Å²) in [6.07, 6.45) is 0. The van der Waals surface area contributed by atoms with Crippen LogP contribution in [0, 0.1) is 0 Å². The molecule has 0 radical (unpaired) electrons. The van der Waals surface area contributed by atoms with Crippen molar-refractivity contribution in [1.82, 2.24) is 4.57 Å². The van der Waals surface area contributed by atoms with Gasteiger partial charge in [0, 0.05) is 12.1 Å². The van der Waals surface area contributed by atoms with Gasteiger partial charge in [0.05, 0.1) is 22.5 Å². The van der Waals surface area contributed by atoms with Gasteiger partial charge in [-0.05, 0) is 12.5 Å². The fourth-order valence-electron chi connectivity index (χ4n) is 3.26. The van der Waals surface area contributed by atoms with Gasteiger partial charge in [-0.2, -0.15) is 0 Å². The molecular formula is C20H16N2O2. The second kappa shape index (κ2) is 5.49. The lowest BCUT2D eigenvalue weighted by molar-refractivity contribution is 0.101. The average molecular weight is 316 g/mol. The van der Waals surface area contributed by atoms with Crippen LogP contribution in [0.1, 0.15) is 28.4 Å². The fraction of sp³-hybridized carbons (Fsp3) is 0.100. The van der Waals surface area contributed by atoms with Crippen molar-refractivity contribution in [3.05, 3.63) is 77.4 Å². The summed E-state index contributed by atoms with van der Waals surface area (Å²) in [7, 11) is 0. The first-order valence-electron chi connectivity index (χ1n) is 7.92. The van der Waals surface area contributed by atoms with Crippen LogP contribution in [0.25, 0.3) is 11.3 Å². The van der Waals surface area contributed by atoms with E-state index in [9.17, 15) is 9.90 Å². The zero-order valence-electron chi connectivity index (χ0n) is 13.2. The van der Waals surface area contributed by atoms with Gasteiger partial charge >= 0.3 is 0 Å². The van der Waals surface area contributed by atoms with Gasteiger partial charge in [0.25, 0.3) is 5.91 Å². The number of hydrogen-bond donors (Lipinski definition) is 1. The molecular weight excluding hydrogens is 300 g/mol. The highest BCUT2D eigenvalue weighted by molar-refractivity contribution is 6.30. The molecule has 1 aliphatic heterocycles. The number of benzene rings is 2. The zero-order chi connectivity index (χ0) is 16.7. The molecule has 4 rings (SSSR count). The van der Waals surface area contributed by atoms with E-state index in [4.69, 9.17) is 0 Å². The van der Waals surface area contributed by atoms with Crippen LogP contribution in [0.4, 0.5) is 0 Å². The van der Waals surface area contributed by atoms with Gasteiger partial charge in [-0.15, -0.1) is 0 Å². The molecule has 0 spiro atoms. The lowest BCUT2D eigenvalue weighted by Crippen LogP contribution is -2.02. The summed E-state index contributed by atoms with van der Waals surface area (Å²) in [5.74, 6) is -0.204. The van der Waals surface area contributed by atoms with Crippen LogP contribution in [0.2, 0.25) is 0 Å². The maximum absolute atomic E-state index is 12.6. The Kier molecular flexibility index (Phi) is 3.31. The molecule has 0 bridgehead atoms. The van der Waals surface area contributed by atoms with Crippen LogP contribution in [0.5, 0.6) is 5.88 Å². The number of carbonyl (C=O) groups is 1. The minimum absolute atomic E-state index is 0.0970. The molecule has 1 amide bonds. The number of carbonyl (C=O) groups excluding carboxylic acids is 1. The number of rotatable bonds is 3. The Morgan fingerprint density at radius 1 is 0.917 bits per heavy atom. The van der Waals surface area contributed by atoms with Crippen molar-refractivity contribution in [2.24, 2.45) is 4.99 Å². The highest BCUT2D eigenvalue weighted by atomic mass is 16.3. The molecule has 0 aliphatic carbocycles. The number of nitrogens with zero attached hydrogens (tertiary/aromatic N) is 2. The molecule has 2 heterocycles. The smallest absolute Gasteiger partial charge is 0.280 e. The number of amides is 1. The molecule has 3 aromatic rings. The van der Waals surface area contributed by atoms with Crippen molar-refractivity contribution in [3.8, 4) is 17.1 Å². The molecule has 4 heteroatoms. The van der Waals surface area contributed by atoms with Gasteiger partial charge in [0.15, 0.2) is 0 Å². The highest BCUT2D eigenvalue weighted by Crippen LogP contribution is 2.40. The van der Waals surface area contributed by atoms with Gasteiger partial charge in [-0.3, -0.25) is 4.79 Å². The minimum Gasteiger partial charge on any atom is -0.494 e. The van der Waals surface area contributed by atoms with Crippen LogP contribution in [0.3, 0.4) is 0 Å². The molecule has 2 aromatic carbocycles. The Bertz CT molecular complexity index is 954. The van der Waals surface area contributed by atoms with Crippen molar-refractivity contribution in [2.45, 2.75) is 13.5 Å². The summed E-state index contributed by atoms with van der Waals surface area (Å²) < 4.78 is 1.77. The Hall–Kier alpha value is -3.14. The number of aromatic nitrogens is 1. The molecule has 1 aromatic heterocycles. The van der Waals surface area contributed by atoms with Crippen molar-refractivity contribution >= 4 is 11.6 Å². The predicted octanol–water partition coefficient (Wildman–Crippen LogP) is 3.87. The maximum atomic E-state index is 12.6. The summed E-state index contributed by atoms with van der Waals surface area (Å²) in [6.45, 7) is 2.52. The summed E-state index contributed by atoms with van der Waals surface area (Å²) in [5.41, 5.74) is 4.01. The van der Waals surface area contributed by atoms with Gasteiger partial charge in [-0.25, -0.2) is 4.99 Å². The van der Waals surface area contributed by atoms with Crippen molar-refractivity contribution in [2.75, 3.05) is 0 Å². The summed E-state index contributed by atoms with van der Waals surface area (Å²) in [5, 5.41) is 10.8. The normalized spacial score (nSPS) is 13.0. The lowest BCUT2D eigenvalue weighted by atomic mass is 10.0. The topological polar surface area (TPSA) is 54.6 Å². The van der Waals surface area contributed by atoms with E-state index in [2.05, 4.69) is 4.99 Å². The average Bonchev–Trinajstić information content (AvgIpc) is 3.12. The van der Waals surface area contributed by atoms with Crippen LogP contribution in [0.15, 0.2) is 65.7 Å². The Labute approximate surface area is 139 Å².